The van der Waals surface area contributed by atoms with Gasteiger partial charge in [0.1, 0.15) is 0 Å². The van der Waals surface area contributed by atoms with Crippen molar-refractivity contribution in [2.45, 2.75) is 38.3 Å². The summed E-state index contributed by atoms with van der Waals surface area (Å²) >= 11 is 1.30. The van der Waals surface area contributed by atoms with Gasteiger partial charge >= 0.3 is 6.03 Å². The summed E-state index contributed by atoms with van der Waals surface area (Å²) in [6.45, 7) is 1.92. The van der Waals surface area contributed by atoms with Crippen LogP contribution in [0.1, 0.15) is 37.9 Å². The van der Waals surface area contributed by atoms with Crippen LogP contribution in [0.15, 0.2) is 5.38 Å². The molecule has 2 saturated carbocycles. The number of hydrogen-bond acceptors (Lipinski definition) is 4. The number of urea groups is 1. The van der Waals surface area contributed by atoms with Crippen molar-refractivity contribution in [3.8, 4) is 0 Å². The first kappa shape index (κ1) is 11.0. The third-order valence-corrected chi connectivity index (χ3v) is 4.27. The number of nitrogens with one attached hydrogen (secondary N) is 2. The fourth-order valence-electron chi connectivity index (χ4n) is 2.69. The number of carbonyl (C=O) groups excluding carboxylic acids is 1. The topological polar surface area (TPSA) is 66.9 Å². The van der Waals surface area contributed by atoms with Crippen molar-refractivity contribution in [1.82, 2.24) is 20.2 Å². The summed E-state index contributed by atoms with van der Waals surface area (Å²) in [6.07, 6.45) is 3.69. The lowest BCUT2D eigenvalue weighted by atomic mass is 10.2. The predicted octanol–water partition coefficient (Wildman–Crippen LogP) is 1.70. The normalized spacial score (nSPS) is 31.7. The van der Waals surface area contributed by atoms with Gasteiger partial charge in [-0.1, -0.05) is 4.49 Å². The average Bonchev–Trinajstić information content (AvgIpc) is 2.75. The van der Waals surface area contributed by atoms with Gasteiger partial charge in [-0.25, -0.2) is 4.79 Å². The standard InChI is InChI=1S/C11H16N4OS/c1-6(10-5-17-15-14-10)12-11(16)13-9-3-7-2-8(7)4-9/h5-9H,2-4H2,1H3,(H2,12,13,16). The molecule has 2 aliphatic rings. The maximum Gasteiger partial charge on any atom is 0.315 e. The van der Waals surface area contributed by atoms with Crippen LogP contribution in [0.25, 0.3) is 0 Å². The molecule has 0 radical (unpaired) electrons. The first-order chi connectivity index (χ1) is 8.22. The Labute approximate surface area is 104 Å². The van der Waals surface area contributed by atoms with Crippen LogP contribution in [0.3, 0.4) is 0 Å². The molecule has 92 valence electrons. The summed E-state index contributed by atoms with van der Waals surface area (Å²) in [5, 5.41) is 11.7. The molecule has 5 nitrogen and oxygen atoms in total. The van der Waals surface area contributed by atoms with E-state index in [9.17, 15) is 4.79 Å². The van der Waals surface area contributed by atoms with Crippen LogP contribution in [-0.4, -0.2) is 21.7 Å². The molecule has 3 unspecified atom stereocenters. The first-order valence-electron chi connectivity index (χ1n) is 6.06. The van der Waals surface area contributed by atoms with Gasteiger partial charge in [0, 0.05) is 11.4 Å². The van der Waals surface area contributed by atoms with Crippen LogP contribution in [0, 0.1) is 11.8 Å². The van der Waals surface area contributed by atoms with Crippen molar-refractivity contribution in [1.29, 1.82) is 0 Å². The molecule has 0 aliphatic heterocycles. The summed E-state index contributed by atoms with van der Waals surface area (Å²) in [7, 11) is 0. The molecule has 0 saturated heterocycles. The van der Waals surface area contributed by atoms with Gasteiger partial charge in [-0.05, 0) is 49.6 Å². The van der Waals surface area contributed by atoms with Gasteiger partial charge in [0.2, 0.25) is 0 Å². The summed E-state index contributed by atoms with van der Waals surface area (Å²) in [5.41, 5.74) is 0.819. The molecule has 0 aromatic carbocycles. The van der Waals surface area contributed by atoms with E-state index in [1.165, 1.54) is 18.0 Å². The summed E-state index contributed by atoms with van der Waals surface area (Å²) in [4.78, 5) is 11.8. The lowest BCUT2D eigenvalue weighted by Crippen LogP contribution is -2.42. The highest BCUT2D eigenvalue weighted by molar-refractivity contribution is 7.03. The van der Waals surface area contributed by atoms with E-state index in [1.807, 2.05) is 12.3 Å². The zero-order chi connectivity index (χ0) is 11.8. The second-order valence-electron chi connectivity index (χ2n) is 5.09. The van der Waals surface area contributed by atoms with Gasteiger partial charge in [-0.2, -0.15) is 0 Å². The number of hydrogen-bond donors (Lipinski definition) is 2. The molecule has 1 aromatic heterocycles. The summed E-state index contributed by atoms with van der Waals surface area (Å²) < 4.78 is 3.79. The number of carbonyl (C=O) groups is 1. The Hall–Kier alpha value is -1.17. The Balaban J connectivity index is 1.46. The molecule has 2 amide bonds. The number of rotatable bonds is 3. The summed E-state index contributed by atoms with van der Waals surface area (Å²) in [5.74, 6) is 1.78. The van der Waals surface area contributed by atoms with Crippen molar-refractivity contribution in [3.63, 3.8) is 0 Å². The number of amides is 2. The van der Waals surface area contributed by atoms with Crippen LogP contribution >= 0.6 is 11.5 Å². The predicted molar refractivity (Wildman–Crippen MR) is 64.6 cm³/mol. The van der Waals surface area contributed by atoms with E-state index >= 15 is 0 Å². The van der Waals surface area contributed by atoms with Crippen molar-refractivity contribution < 1.29 is 4.79 Å². The summed E-state index contributed by atoms with van der Waals surface area (Å²) in [6, 6.07) is 0.209. The average molecular weight is 252 g/mol. The number of aromatic nitrogens is 2. The molecular weight excluding hydrogens is 236 g/mol. The molecule has 1 aromatic rings. The van der Waals surface area contributed by atoms with Crippen LogP contribution in [-0.2, 0) is 0 Å². The van der Waals surface area contributed by atoms with E-state index in [2.05, 4.69) is 20.2 Å². The quantitative estimate of drug-likeness (QED) is 0.860. The zero-order valence-electron chi connectivity index (χ0n) is 9.72. The third-order valence-electron chi connectivity index (χ3n) is 3.75. The molecule has 1 heterocycles. The van der Waals surface area contributed by atoms with E-state index in [1.54, 1.807) is 0 Å². The highest BCUT2D eigenvalue weighted by Gasteiger charge is 2.46. The Kier molecular flexibility index (Phi) is 2.74. The number of fused-ring (bicyclic) bond motifs is 1. The van der Waals surface area contributed by atoms with E-state index in [-0.39, 0.29) is 12.1 Å². The fraction of sp³-hybridized carbons (Fsp3) is 0.727. The Bertz CT molecular complexity index is 398. The number of nitrogens with zero attached hydrogens (tertiary/aromatic N) is 2. The van der Waals surface area contributed by atoms with Gasteiger partial charge in [-0.15, -0.1) is 5.10 Å². The monoisotopic (exact) mass is 252 g/mol. The lowest BCUT2D eigenvalue weighted by molar-refractivity contribution is 0.233. The van der Waals surface area contributed by atoms with Gasteiger partial charge in [-0.3, -0.25) is 0 Å². The van der Waals surface area contributed by atoms with Crippen LogP contribution in [0.4, 0.5) is 4.79 Å². The Morgan fingerprint density at radius 1 is 1.47 bits per heavy atom. The highest BCUT2D eigenvalue weighted by atomic mass is 32.1. The molecule has 2 fully saturated rings. The van der Waals surface area contributed by atoms with E-state index in [4.69, 9.17) is 0 Å². The van der Waals surface area contributed by atoms with Crippen molar-refractivity contribution >= 4 is 17.6 Å². The van der Waals surface area contributed by atoms with Crippen molar-refractivity contribution in [2.75, 3.05) is 0 Å². The van der Waals surface area contributed by atoms with Gasteiger partial charge in [0.25, 0.3) is 0 Å². The van der Waals surface area contributed by atoms with Gasteiger partial charge < -0.3 is 10.6 Å². The largest absolute Gasteiger partial charge is 0.335 e. The van der Waals surface area contributed by atoms with E-state index in [0.717, 1.165) is 30.4 Å². The molecular formula is C11H16N4OS. The van der Waals surface area contributed by atoms with Crippen molar-refractivity contribution in [3.05, 3.63) is 11.1 Å². The third kappa shape index (κ3) is 2.41. The van der Waals surface area contributed by atoms with E-state index < -0.39 is 0 Å². The molecule has 3 rings (SSSR count). The van der Waals surface area contributed by atoms with E-state index in [0.29, 0.717) is 6.04 Å². The SMILES string of the molecule is CC(NC(=O)NC1CC2CC2C1)c1csnn1. The van der Waals surface area contributed by atoms with Crippen LogP contribution < -0.4 is 10.6 Å². The zero-order valence-corrected chi connectivity index (χ0v) is 10.5. The highest BCUT2D eigenvalue weighted by Crippen LogP contribution is 2.51. The molecule has 3 atom stereocenters. The molecule has 0 spiro atoms. The van der Waals surface area contributed by atoms with Gasteiger partial charge in [0.05, 0.1) is 11.7 Å². The fourth-order valence-corrected chi connectivity index (χ4v) is 3.24. The van der Waals surface area contributed by atoms with Crippen LogP contribution in [0.2, 0.25) is 0 Å². The molecule has 0 bridgehead atoms. The molecule has 17 heavy (non-hydrogen) atoms. The molecule has 2 N–H and O–H groups in total. The second kappa shape index (κ2) is 4.25. The smallest absolute Gasteiger partial charge is 0.315 e. The van der Waals surface area contributed by atoms with Crippen LogP contribution in [0.5, 0.6) is 0 Å². The van der Waals surface area contributed by atoms with Crippen molar-refractivity contribution in [2.24, 2.45) is 11.8 Å². The minimum absolute atomic E-state index is 0.0790. The maximum atomic E-state index is 11.8. The first-order valence-corrected chi connectivity index (χ1v) is 6.90. The maximum absolute atomic E-state index is 11.8. The minimum atomic E-state index is -0.0863. The molecule has 2 aliphatic carbocycles. The lowest BCUT2D eigenvalue weighted by Gasteiger charge is -2.17. The second-order valence-corrected chi connectivity index (χ2v) is 5.70. The van der Waals surface area contributed by atoms with Gasteiger partial charge in [0.15, 0.2) is 0 Å². The Morgan fingerprint density at radius 3 is 2.88 bits per heavy atom. The molecule has 6 heteroatoms. The minimum Gasteiger partial charge on any atom is -0.335 e. The Morgan fingerprint density at radius 2 is 2.24 bits per heavy atom.